The van der Waals surface area contributed by atoms with Gasteiger partial charge >= 0.3 is 0 Å². The Labute approximate surface area is 218 Å². The van der Waals surface area contributed by atoms with E-state index in [4.69, 9.17) is 27.9 Å². The summed E-state index contributed by atoms with van der Waals surface area (Å²) >= 11 is 13.8. The monoisotopic (exact) mass is 526 g/mol. The van der Waals surface area contributed by atoms with E-state index in [1.165, 1.54) is 5.56 Å². The van der Waals surface area contributed by atoms with Crippen LogP contribution in [0.3, 0.4) is 0 Å². The fourth-order valence-corrected chi connectivity index (χ4v) is 4.65. The van der Waals surface area contributed by atoms with Gasteiger partial charge in [-0.15, -0.1) is 10.2 Å². The molecule has 4 aromatic rings. The quantitative estimate of drug-likeness (QED) is 0.254. The predicted molar refractivity (Wildman–Crippen MR) is 141 cm³/mol. The van der Waals surface area contributed by atoms with Gasteiger partial charge in [0.1, 0.15) is 5.75 Å². The van der Waals surface area contributed by atoms with Gasteiger partial charge in [0, 0.05) is 15.8 Å². The van der Waals surface area contributed by atoms with Gasteiger partial charge in [0.25, 0.3) is 5.91 Å². The van der Waals surface area contributed by atoms with Gasteiger partial charge in [-0.1, -0.05) is 71.4 Å². The lowest BCUT2D eigenvalue weighted by Crippen LogP contribution is -2.32. The number of carbonyl (C=O) groups is 1. The molecule has 0 spiro atoms. The number of thioether (sulfide) groups is 1. The molecule has 0 radical (unpaired) electrons. The molecule has 4 rings (SSSR count). The lowest BCUT2D eigenvalue weighted by Gasteiger charge is -2.18. The third kappa shape index (κ3) is 6.57. The lowest BCUT2D eigenvalue weighted by atomic mass is 10.2. The summed E-state index contributed by atoms with van der Waals surface area (Å²) in [6.07, 6.45) is 0. The highest BCUT2D eigenvalue weighted by atomic mass is 35.5. The van der Waals surface area contributed by atoms with Gasteiger partial charge in [0.05, 0.1) is 11.7 Å². The maximum atomic E-state index is 12.6. The van der Waals surface area contributed by atoms with Gasteiger partial charge in [-0.05, 0) is 61.4 Å². The van der Waals surface area contributed by atoms with E-state index in [1.54, 1.807) is 36.0 Å². The minimum Gasteiger partial charge on any atom is -0.484 e. The highest BCUT2D eigenvalue weighted by Gasteiger charge is 2.22. The average Bonchev–Trinajstić information content (AvgIpc) is 3.28. The van der Waals surface area contributed by atoms with E-state index < -0.39 is 6.04 Å². The van der Waals surface area contributed by atoms with Gasteiger partial charge in [0.2, 0.25) is 0 Å². The van der Waals surface area contributed by atoms with Crippen LogP contribution in [0, 0.1) is 6.92 Å². The number of carbonyl (C=O) groups excluding carboxylic acids is 1. The molecule has 1 heterocycles. The van der Waals surface area contributed by atoms with E-state index in [9.17, 15) is 4.79 Å². The Kier molecular flexibility index (Phi) is 8.33. The summed E-state index contributed by atoms with van der Waals surface area (Å²) in [6, 6.07) is 22.3. The van der Waals surface area contributed by atoms with Crippen molar-refractivity contribution in [2.45, 2.75) is 30.8 Å². The molecule has 0 aliphatic heterocycles. The summed E-state index contributed by atoms with van der Waals surface area (Å²) < 4.78 is 7.53. The fourth-order valence-electron chi connectivity index (χ4n) is 3.45. The second kappa shape index (κ2) is 11.6. The molecule has 6 nitrogen and oxygen atoms in total. The molecule has 1 N–H and O–H groups in total. The van der Waals surface area contributed by atoms with Crippen LogP contribution in [-0.4, -0.2) is 27.3 Å². The Bertz CT molecular complexity index is 1300. The van der Waals surface area contributed by atoms with E-state index in [2.05, 4.69) is 27.6 Å². The SMILES string of the molecule is Cc1ccc(Cl)cc1-n1c(SCc2ccccc2)nnc1C(C)NC(=O)COc1ccc(Cl)cc1. The number of ether oxygens (including phenoxy) is 1. The molecule has 0 aliphatic rings. The molecule has 1 atom stereocenters. The van der Waals surface area contributed by atoms with E-state index >= 15 is 0 Å². The first-order valence-electron chi connectivity index (χ1n) is 11.0. The molecule has 0 saturated carbocycles. The number of nitrogens with one attached hydrogen (secondary N) is 1. The standard InChI is InChI=1S/C26H24Cl2N4O2S/c1-17-8-9-21(28)14-23(17)32-25(30-31-26(32)35-16-19-6-4-3-5-7-19)18(2)29-24(33)15-34-22-12-10-20(27)11-13-22/h3-14,18H,15-16H2,1-2H3,(H,29,33). The molecule has 0 fully saturated rings. The molecule has 1 amide bonds. The molecule has 9 heteroatoms. The first kappa shape index (κ1) is 25.1. The molecule has 0 aliphatic carbocycles. The fraction of sp³-hybridized carbons (Fsp3) is 0.192. The van der Waals surface area contributed by atoms with Gasteiger partial charge in [-0.2, -0.15) is 0 Å². The lowest BCUT2D eigenvalue weighted by molar-refractivity contribution is -0.123. The van der Waals surface area contributed by atoms with Crippen molar-refractivity contribution in [1.82, 2.24) is 20.1 Å². The summed E-state index contributed by atoms with van der Waals surface area (Å²) in [5.41, 5.74) is 3.06. The second-order valence-electron chi connectivity index (χ2n) is 7.91. The summed E-state index contributed by atoms with van der Waals surface area (Å²) in [6.45, 7) is 3.74. The first-order valence-corrected chi connectivity index (χ1v) is 12.7. The molecule has 1 unspecified atom stereocenters. The molecular formula is C26H24Cl2N4O2S. The van der Waals surface area contributed by atoms with Crippen molar-refractivity contribution >= 4 is 40.9 Å². The molecule has 180 valence electrons. The number of benzene rings is 3. The van der Waals surface area contributed by atoms with Crippen LogP contribution in [0.5, 0.6) is 5.75 Å². The highest BCUT2D eigenvalue weighted by Crippen LogP contribution is 2.30. The van der Waals surface area contributed by atoms with Crippen molar-refractivity contribution in [2.75, 3.05) is 6.61 Å². The van der Waals surface area contributed by atoms with Crippen molar-refractivity contribution in [3.05, 3.63) is 99.8 Å². The Morgan fingerprint density at radius 2 is 1.74 bits per heavy atom. The molecule has 3 aromatic carbocycles. The van der Waals surface area contributed by atoms with Gasteiger partial charge in [0.15, 0.2) is 17.6 Å². The zero-order chi connectivity index (χ0) is 24.8. The van der Waals surface area contributed by atoms with Gasteiger partial charge in [-0.25, -0.2) is 0 Å². The van der Waals surface area contributed by atoms with E-state index in [0.717, 1.165) is 17.0 Å². The van der Waals surface area contributed by atoms with Crippen LogP contribution < -0.4 is 10.1 Å². The number of aromatic nitrogens is 3. The number of hydrogen-bond donors (Lipinski definition) is 1. The number of amides is 1. The maximum Gasteiger partial charge on any atom is 0.258 e. The van der Waals surface area contributed by atoms with Crippen molar-refractivity contribution in [1.29, 1.82) is 0 Å². The zero-order valence-corrected chi connectivity index (χ0v) is 21.6. The molecule has 1 aromatic heterocycles. The topological polar surface area (TPSA) is 69.0 Å². The third-order valence-electron chi connectivity index (χ3n) is 5.23. The normalized spacial score (nSPS) is 11.8. The number of aryl methyl sites for hydroxylation is 1. The number of halogens is 2. The van der Waals surface area contributed by atoms with Crippen LogP contribution in [0.2, 0.25) is 10.0 Å². The number of rotatable bonds is 9. The zero-order valence-electron chi connectivity index (χ0n) is 19.2. The van der Waals surface area contributed by atoms with Crippen LogP contribution >= 0.6 is 35.0 Å². The van der Waals surface area contributed by atoms with Gasteiger partial charge in [-0.3, -0.25) is 9.36 Å². The van der Waals surface area contributed by atoms with Crippen LogP contribution in [-0.2, 0) is 10.5 Å². The van der Waals surface area contributed by atoms with Crippen LogP contribution in [0.25, 0.3) is 5.69 Å². The van der Waals surface area contributed by atoms with Gasteiger partial charge < -0.3 is 10.1 Å². The predicted octanol–water partition coefficient (Wildman–Crippen LogP) is 6.43. The summed E-state index contributed by atoms with van der Waals surface area (Å²) in [5, 5.41) is 13.8. The van der Waals surface area contributed by atoms with Crippen molar-refractivity contribution in [3.63, 3.8) is 0 Å². The van der Waals surface area contributed by atoms with Crippen LogP contribution in [0.15, 0.2) is 78.0 Å². The van der Waals surface area contributed by atoms with E-state index in [1.807, 2.05) is 54.8 Å². The summed E-state index contributed by atoms with van der Waals surface area (Å²) in [5.74, 6) is 1.62. The first-order chi connectivity index (χ1) is 16.9. The molecular weight excluding hydrogens is 503 g/mol. The average molecular weight is 527 g/mol. The molecule has 0 saturated heterocycles. The minimum absolute atomic E-state index is 0.133. The minimum atomic E-state index is -0.423. The van der Waals surface area contributed by atoms with E-state index in [-0.39, 0.29) is 12.5 Å². The third-order valence-corrected chi connectivity index (χ3v) is 6.72. The highest BCUT2D eigenvalue weighted by molar-refractivity contribution is 7.98. The second-order valence-corrected chi connectivity index (χ2v) is 9.73. The number of hydrogen-bond acceptors (Lipinski definition) is 5. The molecule has 35 heavy (non-hydrogen) atoms. The summed E-state index contributed by atoms with van der Waals surface area (Å²) in [4.78, 5) is 12.6. The van der Waals surface area contributed by atoms with Crippen molar-refractivity contribution in [2.24, 2.45) is 0 Å². The Morgan fingerprint density at radius 3 is 2.49 bits per heavy atom. The largest absolute Gasteiger partial charge is 0.484 e. The molecule has 0 bridgehead atoms. The Balaban J connectivity index is 1.54. The van der Waals surface area contributed by atoms with Crippen molar-refractivity contribution in [3.8, 4) is 11.4 Å². The van der Waals surface area contributed by atoms with E-state index in [0.29, 0.717) is 26.8 Å². The smallest absolute Gasteiger partial charge is 0.258 e. The van der Waals surface area contributed by atoms with Crippen molar-refractivity contribution < 1.29 is 9.53 Å². The Hall–Kier alpha value is -3.00. The van der Waals surface area contributed by atoms with Crippen LogP contribution in [0.1, 0.15) is 29.9 Å². The van der Waals surface area contributed by atoms with Crippen LogP contribution in [0.4, 0.5) is 0 Å². The maximum absolute atomic E-state index is 12.6. The summed E-state index contributed by atoms with van der Waals surface area (Å²) in [7, 11) is 0. The Morgan fingerprint density at radius 1 is 1.03 bits per heavy atom. The number of nitrogens with zero attached hydrogens (tertiary/aromatic N) is 3.